The molecule has 102 valence electrons. The summed E-state index contributed by atoms with van der Waals surface area (Å²) in [6.45, 7) is 7.37. The highest BCUT2D eigenvalue weighted by Gasteiger charge is 2.59. The molecule has 1 saturated heterocycles. The number of fused-ring (bicyclic) bond motifs is 2. The van der Waals surface area contributed by atoms with Gasteiger partial charge >= 0.3 is 5.97 Å². The standard InChI is InChI=1S/C15H18O4/c1-8-9-6-11-14(2,7-10(9)19-13(8)17)12(16)4-5-15(11,3)18/h4-5,9-11,18H,1,6-7H2,2-3H3/t9-,10+,11-,14-,15+/m1/s1. The minimum atomic E-state index is -1.03. The number of allylic oxidation sites excluding steroid dienone is 1. The number of ketones is 1. The number of hydrogen-bond donors (Lipinski definition) is 1. The van der Waals surface area contributed by atoms with Gasteiger partial charge in [0, 0.05) is 22.8 Å². The SMILES string of the molecule is C=C1C(=O)O[C@H]2C[C@@]3(C)C(=O)C=C[C@](C)(O)[C@@H]3C[C@H]12. The molecule has 0 radical (unpaired) electrons. The Morgan fingerprint density at radius 1 is 1.42 bits per heavy atom. The Bertz CT molecular complexity index is 516. The van der Waals surface area contributed by atoms with Crippen LogP contribution >= 0.6 is 0 Å². The number of esters is 1. The van der Waals surface area contributed by atoms with Gasteiger partial charge in [-0.3, -0.25) is 4.79 Å². The van der Waals surface area contributed by atoms with Crippen LogP contribution in [-0.4, -0.2) is 28.6 Å². The summed E-state index contributed by atoms with van der Waals surface area (Å²) in [5.41, 5.74) is -1.21. The van der Waals surface area contributed by atoms with E-state index in [1.165, 1.54) is 6.08 Å². The zero-order valence-electron chi connectivity index (χ0n) is 11.2. The van der Waals surface area contributed by atoms with Crippen LogP contribution in [0.3, 0.4) is 0 Å². The van der Waals surface area contributed by atoms with Crippen molar-refractivity contribution in [1.82, 2.24) is 0 Å². The predicted octanol–water partition coefficient (Wildman–Crippen LogP) is 1.39. The van der Waals surface area contributed by atoms with E-state index in [9.17, 15) is 14.7 Å². The summed E-state index contributed by atoms with van der Waals surface area (Å²) in [5.74, 6) is -0.630. The lowest BCUT2D eigenvalue weighted by Gasteiger charge is -2.50. The maximum atomic E-state index is 12.2. The molecule has 0 bridgehead atoms. The summed E-state index contributed by atoms with van der Waals surface area (Å²) in [6.07, 6.45) is 3.79. The number of hydrogen-bond acceptors (Lipinski definition) is 4. The van der Waals surface area contributed by atoms with Gasteiger partial charge in [-0.2, -0.15) is 0 Å². The van der Waals surface area contributed by atoms with Gasteiger partial charge < -0.3 is 9.84 Å². The van der Waals surface area contributed by atoms with Gasteiger partial charge in [0.25, 0.3) is 0 Å². The van der Waals surface area contributed by atoms with E-state index in [-0.39, 0.29) is 29.7 Å². The predicted molar refractivity (Wildman–Crippen MR) is 68.1 cm³/mol. The average Bonchev–Trinajstić information content (AvgIpc) is 2.59. The smallest absolute Gasteiger partial charge is 0.334 e. The topological polar surface area (TPSA) is 63.6 Å². The zero-order chi connectivity index (χ0) is 14.0. The molecule has 3 rings (SSSR count). The normalized spacial score (nSPS) is 48.8. The fraction of sp³-hybridized carbons (Fsp3) is 0.600. The lowest BCUT2D eigenvalue weighted by atomic mass is 9.54. The molecule has 4 nitrogen and oxygen atoms in total. The summed E-state index contributed by atoms with van der Waals surface area (Å²) in [7, 11) is 0. The Labute approximate surface area is 112 Å². The van der Waals surface area contributed by atoms with E-state index in [0.29, 0.717) is 18.4 Å². The highest BCUT2D eigenvalue weighted by molar-refractivity contribution is 5.97. The van der Waals surface area contributed by atoms with E-state index in [4.69, 9.17) is 4.74 Å². The maximum absolute atomic E-state index is 12.2. The Balaban J connectivity index is 2.03. The Morgan fingerprint density at radius 3 is 2.79 bits per heavy atom. The molecule has 0 amide bonds. The van der Waals surface area contributed by atoms with Crippen LogP contribution in [0, 0.1) is 17.3 Å². The van der Waals surface area contributed by atoms with Crippen molar-refractivity contribution in [1.29, 1.82) is 0 Å². The van der Waals surface area contributed by atoms with Gasteiger partial charge in [-0.05, 0) is 31.9 Å². The Morgan fingerprint density at radius 2 is 2.11 bits per heavy atom. The third-order valence-electron chi connectivity index (χ3n) is 5.14. The number of ether oxygens (including phenoxy) is 1. The van der Waals surface area contributed by atoms with E-state index in [1.807, 2.05) is 6.92 Å². The molecule has 0 aromatic carbocycles. The van der Waals surface area contributed by atoms with Crippen LogP contribution in [0.5, 0.6) is 0 Å². The monoisotopic (exact) mass is 262 g/mol. The highest BCUT2D eigenvalue weighted by atomic mass is 16.6. The molecular formula is C15H18O4. The van der Waals surface area contributed by atoms with Gasteiger partial charge in [-0.15, -0.1) is 0 Å². The molecular weight excluding hydrogens is 244 g/mol. The molecule has 19 heavy (non-hydrogen) atoms. The second kappa shape index (κ2) is 3.57. The molecule has 0 aromatic rings. The van der Waals surface area contributed by atoms with Crippen molar-refractivity contribution >= 4 is 11.8 Å². The second-order valence-corrected chi connectivity index (χ2v) is 6.41. The van der Waals surface area contributed by atoms with Gasteiger partial charge in [-0.1, -0.05) is 13.5 Å². The van der Waals surface area contributed by atoms with Crippen molar-refractivity contribution in [2.24, 2.45) is 17.3 Å². The summed E-state index contributed by atoms with van der Waals surface area (Å²) < 4.78 is 5.31. The molecule has 0 aromatic heterocycles. The maximum Gasteiger partial charge on any atom is 0.334 e. The molecule has 4 heteroatoms. The van der Waals surface area contributed by atoms with Crippen molar-refractivity contribution in [3.05, 3.63) is 24.3 Å². The second-order valence-electron chi connectivity index (χ2n) is 6.41. The molecule has 1 aliphatic heterocycles. The van der Waals surface area contributed by atoms with Crippen LogP contribution in [0.15, 0.2) is 24.3 Å². The minimum absolute atomic E-state index is 0.0102. The van der Waals surface area contributed by atoms with Crippen molar-refractivity contribution < 1.29 is 19.4 Å². The number of carbonyl (C=O) groups excluding carboxylic acids is 2. The van der Waals surface area contributed by atoms with Gasteiger partial charge in [0.1, 0.15) is 6.10 Å². The molecule has 0 unspecified atom stereocenters. The van der Waals surface area contributed by atoms with E-state index in [1.54, 1.807) is 13.0 Å². The summed E-state index contributed by atoms with van der Waals surface area (Å²) in [6, 6.07) is 0. The Hall–Kier alpha value is -1.42. The number of aliphatic hydroxyl groups is 1. The summed E-state index contributed by atoms with van der Waals surface area (Å²) in [5, 5.41) is 10.5. The van der Waals surface area contributed by atoms with Crippen LogP contribution in [0.4, 0.5) is 0 Å². The molecule has 0 spiro atoms. The first-order chi connectivity index (χ1) is 8.75. The van der Waals surface area contributed by atoms with Crippen LogP contribution in [0.2, 0.25) is 0 Å². The first-order valence-corrected chi connectivity index (χ1v) is 6.61. The quantitative estimate of drug-likeness (QED) is 0.529. The van der Waals surface area contributed by atoms with Crippen molar-refractivity contribution in [3.63, 3.8) is 0 Å². The van der Waals surface area contributed by atoms with E-state index in [2.05, 4.69) is 6.58 Å². The number of carbonyl (C=O) groups is 2. The van der Waals surface area contributed by atoms with Gasteiger partial charge in [-0.25, -0.2) is 4.79 Å². The molecule has 1 saturated carbocycles. The van der Waals surface area contributed by atoms with Crippen LogP contribution in [0.1, 0.15) is 26.7 Å². The van der Waals surface area contributed by atoms with Crippen LogP contribution < -0.4 is 0 Å². The van der Waals surface area contributed by atoms with Crippen LogP contribution in [-0.2, 0) is 14.3 Å². The molecule has 2 aliphatic carbocycles. The third-order valence-corrected chi connectivity index (χ3v) is 5.14. The van der Waals surface area contributed by atoms with Gasteiger partial charge in [0.05, 0.1) is 5.60 Å². The lowest BCUT2D eigenvalue weighted by Crippen LogP contribution is -2.55. The Kier molecular flexibility index (Phi) is 2.37. The third kappa shape index (κ3) is 1.56. The molecule has 1 N–H and O–H groups in total. The first-order valence-electron chi connectivity index (χ1n) is 6.61. The van der Waals surface area contributed by atoms with E-state index in [0.717, 1.165) is 0 Å². The molecule has 2 fully saturated rings. The molecule has 3 aliphatic rings. The summed E-state index contributed by atoms with van der Waals surface area (Å²) in [4.78, 5) is 23.8. The van der Waals surface area contributed by atoms with Crippen molar-refractivity contribution in [2.75, 3.05) is 0 Å². The fourth-order valence-corrected chi connectivity index (χ4v) is 3.93. The molecule has 1 heterocycles. The largest absolute Gasteiger partial charge is 0.458 e. The average molecular weight is 262 g/mol. The van der Waals surface area contributed by atoms with Crippen molar-refractivity contribution in [2.45, 2.75) is 38.4 Å². The molecule has 5 atom stereocenters. The van der Waals surface area contributed by atoms with E-state index < -0.39 is 11.0 Å². The fourth-order valence-electron chi connectivity index (χ4n) is 3.93. The number of rotatable bonds is 0. The minimum Gasteiger partial charge on any atom is -0.458 e. The van der Waals surface area contributed by atoms with Crippen LogP contribution in [0.25, 0.3) is 0 Å². The van der Waals surface area contributed by atoms with E-state index >= 15 is 0 Å². The highest BCUT2D eigenvalue weighted by Crippen LogP contribution is 2.55. The van der Waals surface area contributed by atoms with Crippen molar-refractivity contribution in [3.8, 4) is 0 Å². The first kappa shape index (κ1) is 12.6. The summed E-state index contributed by atoms with van der Waals surface area (Å²) >= 11 is 0. The zero-order valence-corrected chi connectivity index (χ0v) is 11.2. The van der Waals surface area contributed by atoms with Gasteiger partial charge in [0.2, 0.25) is 0 Å². The van der Waals surface area contributed by atoms with Gasteiger partial charge in [0.15, 0.2) is 5.78 Å². The lowest BCUT2D eigenvalue weighted by molar-refractivity contribution is -0.154.